The molecule has 1 aliphatic heterocycles. The summed E-state index contributed by atoms with van der Waals surface area (Å²) in [5.74, 6) is 0.631. The highest BCUT2D eigenvalue weighted by Gasteiger charge is 2.19. The number of likely N-dealkylation sites (tertiary alicyclic amines) is 1. The molecule has 1 saturated heterocycles. The zero-order valence-corrected chi connectivity index (χ0v) is 15.8. The van der Waals surface area contributed by atoms with Crippen LogP contribution in [0.5, 0.6) is 0 Å². The van der Waals surface area contributed by atoms with Crippen LogP contribution in [0.2, 0.25) is 0 Å². The lowest BCUT2D eigenvalue weighted by Crippen LogP contribution is -2.29. The van der Waals surface area contributed by atoms with Gasteiger partial charge in [-0.1, -0.05) is 12.1 Å². The number of nitrogen functional groups attached to an aromatic ring is 1. The van der Waals surface area contributed by atoms with Crippen molar-refractivity contribution in [3.05, 3.63) is 48.2 Å². The van der Waals surface area contributed by atoms with Gasteiger partial charge in [-0.05, 0) is 37.1 Å². The van der Waals surface area contributed by atoms with Gasteiger partial charge in [-0.2, -0.15) is 0 Å². The lowest BCUT2D eigenvalue weighted by molar-refractivity contribution is -0.127. The number of halogens is 1. The van der Waals surface area contributed by atoms with E-state index in [-0.39, 0.29) is 24.2 Å². The Balaban J connectivity index is 0.00000243. The Labute approximate surface area is 163 Å². The van der Waals surface area contributed by atoms with Crippen LogP contribution in [-0.2, 0) is 4.79 Å². The van der Waals surface area contributed by atoms with Gasteiger partial charge >= 0.3 is 0 Å². The molecule has 1 aliphatic rings. The molecule has 2 amide bonds. The number of nitrogens with one attached hydrogen (secondary N) is 1. The number of nitrogens with zero attached hydrogens (tertiary/aromatic N) is 2. The summed E-state index contributed by atoms with van der Waals surface area (Å²) >= 11 is 1.40. The quantitative estimate of drug-likeness (QED) is 0.763. The first-order valence-electron chi connectivity index (χ1n) is 8.16. The molecule has 2 heterocycles. The molecule has 0 saturated carbocycles. The van der Waals surface area contributed by atoms with Crippen LogP contribution in [0.1, 0.15) is 23.2 Å². The molecule has 3 rings (SSSR count). The van der Waals surface area contributed by atoms with Crippen molar-refractivity contribution in [2.45, 2.75) is 17.7 Å². The third-order valence-corrected chi connectivity index (χ3v) is 5.04. The summed E-state index contributed by atoms with van der Waals surface area (Å²) in [5, 5.41) is 2.80. The van der Waals surface area contributed by atoms with Gasteiger partial charge in [0, 0.05) is 18.0 Å². The number of rotatable bonds is 5. The fourth-order valence-electron chi connectivity index (χ4n) is 2.66. The summed E-state index contributed by atoms with van der Waals surface area (Å²) in [7, 11) is 0. The van der Waals surface area contributed by atoms with Crippen molar-refractivity contribution in [1.29, 1.82) is 0 Å². The molecule has 138 valence electrons. The number of aromatic nitrogens is 1. The molecular formula is C18H21ClN4O2S. The van der Waals surface area contributed by atoms with Crippen molar-refractivity contribution in [2.24, 2.45) is 0 Å². The Kier molecular flexibility index (Phi) is 7.29. The van der Waals surface area contributed by atoms with Crippen molar-refractivity contribution < 1.29 is 9.59 Å². The van der Waals surface area contributed by atoms with Gasteiger partial charge in [-0.25, -0.2) is 4.98 Å². The van der Waals surface area contributed by atoms with Gasteiger partial charge in [-0.15, -0.1) is 24.2 Å². The number of carbonyl (C=O) groups is 2. The number of benzene rings is 1. The molecule has 3 N–H and O–H groups in total. The molecule has 0 spiro atoms. The Bertz CT molecular complexity index is 764. The van der Waals surface area contributed by atoms with Gasteiger partial charge in [0.1, 0.15) is 5.82 Å². The van der Waals surface area contributed by atoms with Crippen molar-refractivity contribution in [2.75, 3.05) is 29.9 Å². The van der Waals surface area contributed by atoms with Crippen LogP contribution in [0.25, 0.3) is 0 Å². The first-order chi connectivity index (χ1) is 12.1. The number of thioether (sulfide) groups is 1. The zero-order chi connectivity index (χ0) is 17.6. The van der Waals surface area contributed by atoms with Crippen LogP contribution in [0.4, 0.5) is 11.5 Å². The molecule has 8 heteroatoms. The predicted molar refractivity (Wildman–Crippen MR) is 107 cm³/mol. The monoisotopic (exact) mass is 392 g/mol. The highest BCUT2D eigenvalue weighted by atomic mass is 35.5. The second kappa shape index (κ2) is 9.45. The molecule has 0 bridgehead atoms. The zero-order valence-electron chi connectivity index (χ0n) is 14.2. The first-order valence-corrected chi connectivity index (χ1v) is 9.14. The molecular weight excluding hydrogens is 372 g/mol. The standard InChI is InChI=1S/C18H20N4O2S.ClH/c19-16-8-7-13(11-20-16)21-18(24)14-5-1-2-6-15(14)25-12-17(23)22-9-3-4-10-22;/h1-2,5-8,11H,3-4,9-10,12H2,(H2,19,20)(H,21,24);1H. The molecule has 0 radical (unpaired) electrons. The number of pyridine rings is 1. The highest BCUT2D eigenvalue weighted by Crippen LogP contribution is 2.24. The Morgan fingerprint density at radius 3 is 2.58 bits per heavy atom. The maximum Gasteiger partial charge on any atom is 0.256 e. The fourth-order valence-corrected chi connectivity index (χ4v) is 3.61. The summed E-state index contributed by atoms with van der Waals surface area (Å²) in [4.78, 5) is 31.4. The predicted octanol–water partition coefficient (Wildman–Crippen LogP) is 3.05. The number of amides is 2. The fraction of sp³-hybridized carbons (Fsp3) is 0.278. The van der Waals surface area contributed by atoms with E-state index in [9.17, 15) is 9.59 Å². The van der Waals surface area contributed by atoms with Crippen molar-refractivity contribution in [3.8, 4) is 0 Å². The molecule has 6 nitrogen and oxygen atoms in total. The smallest absolute Gasteiger partial charge is 0.256 e. The van der Waals surface area contributed by atoms with Gasteiger partial charge < -0.3 is 16.0 Å². The van der Waals surface area contributed by atoms with E-state index in [0.717, 1.165) is 30.8 Å². The topological polar surface area (TPSA) is 88.3 Å². The van der Waals surface area contributed by atoms with E-state index in [0.29, 0.717) is 22.8 Å². The lowest BCUT2D eigenvalue weighted by Gasteiger charge is -2.15. The van der Waals surface area contributed by atoms with Gasteiger partial charge in [0.25, 0.3) is 5.91 Å². The number of carbonyl (C=O) groups excluding carboxylic acids is 2. The van der Waals surface area contributed by atoms with Crippen molar-refractivity contribution in [1.82, 2.24) is 9.88 Å². The Morgan fingerprint density at radius 2 is 1.88 bits per heavy atom. The summed E-state index contributed by atoms with van der Waals surface area (Å²) < 4.78 is 0. The molecule has 1 aromatic heterocycles. The van der Waals surface area contributed by atoms with Gasteiger partial charge in [0.2, 0.25) is 5.91 Å². The van der Waals surface area contributed by atoms with E-state index in [1.165, 1.54) is 18.0 Å². The average molecular weight is 393 g/mol. The van der Waals surface area contributed by atoms with E-state index in [2.05, 4.69) is 10.3 Å². The van der Waals surface area contributed by atoms with Crippen molar-refractivity contribution >= 4 is 47.5 Å². The SMILES string of the molecule is Cl.Nc1ccc(NC(=O)c2ccccc2SCC(=O)N2CCCC2)cn1. The maximum absolute atomic E-state index is 12.5. The van der Waals surface area contributed by atoms with Crippen LogP contribution in [0.15, 0.2) is 47.5 Å². The number of nitrogens with two attached hydrogens (primary N) is 1. The largest absolute Gasteiger partial charge is 0.384 e. The molecule has 0 unspecified atom stereocenters. The minimum absolute atomic E-state index is 0. The van der Waals surface area contributed by atoms with Gasteiger partial charge in [0.15, 0.2) is 0 Å². The van der Waals surface area contributed by atoms with Crippen LogP contribution in [-0.4, -0.2) is 40.5 Å². The maximum atomic E-state index is 12.5. The normalized spacial score (nSPS) is 13.2. The number of hydrogen-bond donors (Lipinski definition) is 2. The third-order valence-electron chi connectivity index (χ3n) is 3.99. The van der Waals surface area contributed by atoms with Crippen LogP contribution < -0.4 is 11.1 Å². The molecule has 0 atom stereocenters. The molecule has 1 aromatic carbocycles. The summed E-state index contributed by atoms with van der Waals surface area (Å²) in [6.07, 6.45) is 3.66. The van der Waals surface area contributed by atoms with Crippen LogP contribution >= 0.6 is 24.2 Å². The van der Waals surface area contributed by atoms with Crippen LogP contribution in [0.3, 0.4) is 0 Å². The highest BCUT2D eigenvalue weighted by molar-refractivity contribution is 8.00. The van der Waals surface area contributed by atoms with E-state index >= 15 is 0 Å². The van der Waals surface area contributed by atoms with Gasteiger partial charge in [0.05, 0.1) is 23.2 Å². The second-order valence-corrected chi connectivity index (χ2v) is 6.82. The van der Waals surface area contributed by atoms with E-state index < -0.39 is 0 Å². The van der Waals surface area contributed by atoms with Crippen molar-refractivity contribution in [3.63, 3.8) is 0 Å². The Hall–Kier alpha value is -2.25. The minimum Gasteiger partial charge on any atom is -0.384 e. The Morgan fingerprint density at radius 1 is 1.15 bits per heavy atom. The first kappa shape index (κ1) is 20.1. The second-order valence-electron chi connectivity index (χ2n) is 5.80. The minimum atomic E-state index is -0.233. The van der Waals surface area contributed by atoms with E-state index in [1.54, 1.807) is 18.2 Å². The number of anilines is 2. The third kappa shape index (κ3) is 5.12. The van der Waals surface area contributed by atoms with Gasteiger partial charge in [-0.3, -0.25) is 9.59 Å². The van der Waals surface area contributed by atoms with E-state index in [1.807, 2.05) is 23.1 Å². The number of hydrogen-bond acceptors (Lipinski definition) is 5. The molecule has 2 aromatic rings. The average Bonchev–Trinajstić information content (AvgIpc) is 3.16. The summed E-state index contributed by atoms with van der Waals surface area (Å²) in [6.45, 7) is 1.68. The molecule has 26 heavy (non-hydrogen) atoms. The summed E-state index contributed by atoms with van der Waals surface area (Å²) in [6, 6.07) is 10.6. The summed E-state index contributed by atoms with van der Waals surface area (Å²) in [5.41, 5.74) is 6.67. The van der Waals surface area contributed by atoms with Crippen LogP contribution in [0, 0.1) is 0 Å². The lowest BCUT2D eigenvalue weighted by atomic mass is 10.2. The molecule has 1 fully saturated rings. The van der Waals surface area contributed by atoms with E-state index in [4.69, 9.17) is 5.73 Å². The molecule has 0 aliphatic carbocycles.